The molecule has 92 valence electrons. The zero-order valence-electron chi connectivity index (χ0n) is 11.0. The normalized spacial score (nSPS) is 40.9. The number of nitrogens with one attached hydrogen (secondary N) is 1. The number of rotatable bonds is 0. The van der Waals surface area contributed by atoms with Gasteiger partial charge in [0.2, 0.25) is 0 Å². The molecule has 3 aliphatic rings. The average molecular weight is 238 g/mol. The SMILES string of the molecule is CN1CC2(C)CC23c2cccc4[nH]cc(c24)C[C@@H]13. The highest BCUT2D eigenvalue weighted by atomic mass is 15.2. The first-order chi connectivity index (χ1) is 8.66. The smallest absolute Gasteiger partial charge is 0.0459 e. The molecule has 1 saturated heterocycles. The predicted octanol–water partition coefficient (Wildman–Crippen LogP) is 2.69. The van der Waals surface area contributed by atoms with Crippen molar-refractivity contribution in [3.8, 4) is 0 Å². The average Bonchev–Trinajstić information content (AvgIpc) is 2.68. The lowest BCUT2D eigenvalue weighted by atomic mass is 9.75. The van der Waals surface area contributed by atoms with Crippen molar-refractivity contribution in [2.24, 2.45) is 5.41 Å². The third kappa shape index (κ3) is 0.777. The Morgan fingerprint density at radius 3 is 3.17 bits per heavy atom. The Kier molecular flexibility index (Phi) is 1.35. The number of likely N-dealkylation sites (tertiary alicyclic amines) is 1. The summed E-state index contributed by atoms with van der Waals surface area (Å²) in [6, 6.07) is 7.55. The van der Waals surface area contributed by atoms with Crippen LogP contribution in [0.5, 0.6) is 0 Å². The maximum Gasteiger partial charge on any atom is 0.0459 e. The molecule has 1 aromatic heterocycles. The van der Waals surface area contributed by atoms with Gasteiger partial charge in [-0.05, 0) is 42.5 Å². The summed E-state index contributed by atoms with van der Waals surface area (Å²) >= 11 is 0. The van der Waals surface area contributed by atoms with Gasteiger partial charge in [0.25, 0.3) is 0 Å². The standard InChI is InChI=1S/C16H18N2/c1-15-8-16(15)11-4-3-5-12-14(11)10(7-17-12)6-13(16)18(2)9-15/h3-5,7,13,17H,6,8-9H2,1-2H3/t13-,15?,16?/m1/s1. The molecular weight excluding hydrogens is 220 g/mol. The van der Waals surface area contributed by atoms with Crippen LogP contribution in [0, 0.1) is 5.41 Å². The van der Waals surface area contributed by atoms with Crippen molar-refractivity contribution in [1.29, 1.82) is 0 Å². The van der Waals surface area contributed by atoms with E-state index in [2.05, 4.69) is 48.3 Å². The quantitative estimate of drug-likeness (QED) is 0.747. The number of aromatic amines is 1. The van der Waals surface area contributed by atoms with E-state index in [4.69, 9.17) is 0 Å². The molecule has 1 N–H and O–H groups in total. The second kappa shape index (κ2) is 2.53. The summed E-state index contributed by atoms with van der Waals surface area (Å²) in [6.45, 7) is 3.75. The molecule has 0 radical (unpaired) electrons. The van der Waals surface area contributed by atoms with Gasteiger partial charge in [-0.1, -0.05) is 19.1 Å². The van der Waals surface area contributed by atoms with Crippen LogP contribution >= 0.6 is 0 Å². The number of hydrogen-bond acceptors (Lipinski definition) is 1. The summed E-state index contributed by atoms with van der Waals surface area (Å²) < 4.78 is 0. The van der Waals surface area contributed by atoms with Gasteiger partial charge in [0.15, 0.2) is 0 Å². The lowest BCUT2D eigenvalue weighted by Gasteiger charge is -2.34. The molecule has 2 unspecified atom stereocenters. The number of hydrogen-bond donors (Lipinski definition) is 1. The van der Waals surface area contributed by atoms with Crippen molar-refractivity contribution in [3.63, 3.8) is 0 Å². The van der Waals surface area contributed by atoms with Crippen LogP contribution in [0.25, 0.3) is 10.9 Å². The molecule has 0 bridgehead atoms. The Bertz CT molecular complexity index is 685. The fraction of sp³-hybridized carbons (Fsp3) is 0.500. The molecule has 1 aliphatic heterocycles. The van der Waals surface area contributed by atoms with Crippen LogP contribution in [0.1, 0.15) is 24.5 Å². The molecule has 2 heterocycles. The van der Waals surface area contributed by atoms with Crippen molar-refractivity contribution in [1.82, 2.24) is 9.88 Å². The summed E-state index contributed by atoms with van der Waals surface area (Å²) in [6.07, 6.45) is 4.84. The summed E-state index contributed by atoms with van der Waals surface area (Å²) in [5.74, 6) is 0. The number of H-pyrrole nitrogens is 1. The Morgan fingerprint density at radius 1 is 1.39 bits per heavy atom. The van der Waals surface area contributed by atoms with E-state index in [-0.39, 0.29) is 0 Å². The lowest BCUT2D eigenvalue weighted by molar-refractivity contribution is 0.246. The molecule has 2 fully saturated rings. The van der Waals surface area contributed by atoms with Gasteiger partial charge in [0.1, 0.15) is 0 Å². The van der Waals surface area contributed by atoms with E-state index in [9.17, 15) is 0 Å². The van der Waals surface area contributed by atoms with Crippen LogP contribution < -0.4 is 0 Å². The van der Waals surface area contributed by atoms with Gasteiger partial charge in [-0.25, -0.2) is 0 Å². The van der Waals surface area contributed by atoms with Gasteiger partial charge in [-0.2, -0.15) is 0 Å². The first kappa shape index (κ1) is 9.62. The fourth-order valence-electron chi connectivity index (χ4n) is 5.25. The Morgan fingerprint density at radius 2 is 2.28 bits per heavy atom. The molecular formula is C16H18N2. The van der Waals surface area contributed by atoms with Gasteiger partial charge >= 0.3 is 0 Å². The number of likely N-dealkylation sites (N-methyl/N-ethyl adjacent to an activating group) is 1. The lowest BCUT2D eigenvalue weighted by Crippen LogP contribution is -2.40. The zero-order valence-corrected chi connectivity index (χ0v) is 11.0. The van der Waals surface area contributed by atoms with Crippen LogP contribution in [-0.2, 0) is 11.8 Å². The van der Waals surface area contributed by atoms with Crippen LogP contribution in [-0.4, -0.2) is 29.5 Å². The summed E-state index contributed by atoms with van der Waals surface area (Å²) in [7, 11) is 2.31. The van der Waals surface area contributed by atoms with E-state index in [0.717, 1.165) is 6.04 Å². The fourth-order valence-corrected chi connectivity index (χ4v) is 5.25. The van der Waals surface area contributed by atoms with Crippen LogP contribution in [0.3, 0.4) is 0 Å². The Balaban J connectivity index is 1.89. The van der Waals surface area contributed by atoms with E-state index >= 15 is 0 Å². The third-order valence-corrected chi connectivity index (χ3v) is 6.00. The molecule has 2 aliphatic carbocycles. The van der Waals surface area contributed by atoms with Crippen LogP contribution in [0.15, 0.2) is 24.4 Å². The summed E-state index contributed by atoms with van der Waals surface area (Å²) in [5, 5.41) is 1.53. The zero-order chi connectivity index (χ0) is 12.1. The number of benzene rings is 1. The monoisotopic (exact) mass is 238 g/mol. The van der Waals surface area contributed by atoms with Gasteiger partial charge in [-0.3, -0.25) is 0 Å². The largest absolute Gasteiger partial charge is 0.361 e. The summed E-state index contributed by atoms with van der Waals surface area (Å²) in [4.78, 5) is 6.05. The Hall–Kier alpha value is -1.28. The number of aromatic nitrogens is 1. The molecule has 1 spiro atoms. The van der Waals surface area contributed by atoms with Gasteiger partial charge in [0, 0.05) is 35.1 Å². The second-order valence-corrected chi connectivity index (χ2v) is 6.89. The van der Waals surface area contributed by atoms with Crippen molar-refractivity contribution >= 4 is 10.9 Å². The minimum Gasteiger partial charge on any atom is -0.361 e. The maximum atomic E-state index is 3.45. The van der Waals surface area contributed by atoms with E-state index in [1.54, 1.807) is 5.56 Å². The molecule has 2 aromatic rings. The van der Waals surface area contributed by atoms with E-state index in [0.29, 0.717) is 10.8 Å². The number of piperidine rings is 1. The van der Waals surface area contributed by atoms with Crippen LogP contribution in [0.4, 0.5) is 0 Å². The molecule has 1 aromatic carbocycles. The molecule has 1 saturated carbocycles. The van der Waals surface area contributed by atoms with Gasteiger partial charge in [-0.15, -0.1) is 0 Å². The number of nitrogens with zero attached hydrogens (tertiary/aromatic N) is 1. The van der Waals surface area contributed by atoms with Gasteiger partial charge in [0.05, 0.1) is 0 Å². The minimum absolute atomic E-state index is 0.455. The highest BCUT2D eigenvalue weighted by Gasteiger charge is 2.74. The minimum atomic E-state index is 0.455. The highest BCUT2D eigenvalue weighted by molar-refractivity contribution is 5.90. The molecule has 5 rings (SSSR count). The molecule has 18 heavy (non-hydrogen) atoms. The van der Waals surface area contributed by atoms with Crippen molar-refractivity contribution < 1.29 is 0 Å². The summed E-state index contributed by atoms with van der Waals surface area (Å²) in [5.41, 5.74) is 5.46. The van der Waals surface area contributed by atoms with E-state index in [1.807, 2.05) is 0 Å². The van der Waals surface area contributed by atoms with E-state index < -0.39 is 0 Å². The maximum absolute atomic E-state index is 3.45. The van der Waals surface area contributed by atoms with Crippen LogP contribution in [0.2, 0.25) is 0 Å². The third-order valence-electron chi connectivity index (χ3n) is 6.00. The van der Waals surface area contributed by atoms with Crippen molar-refractivity contribution in [2.75, 3.05) is 13.6 Å². The molecule has 0 amide bonds. The van der Waals surface area contributed by atoms with Crippen molar-refractivity contribution in [2.45, 2.75) is 31.2 Å². The molecule has 3 atom stereocenters. The molecule has 2 heteroatoms. The topological polar surface area (TPSA) is 19.0 Å². The highest BCUT2D eigenvalue weighted by Crippen LogP contribution is 2.73. The Labute approximate surface area is 107 Å². The second-order valence-electron chi connectivity index (χ2n) is 6.89. The van der Waals surface area contributed by atoms with Crippen molar-refractivity contribution in [3.05, 3.63) is 35.5 Å². The van der Waals surface area contributed by atoms with Gasteiger partial charge < -0.3 is 9.88 Å². The first-order valence-corrected chi connectivity index (χ1v) is 6.95. The van der Waals surface area contributed by atoms with E-state index in [1.165, 1.54) is 35.9 Å². The predicted molar refractivity (Wildman–Crippen MR) is 72.8 cm³/mol. The first-order valence-electron chi connectivity index (χ1n) is 6.95. The molecule has 2 nitrogen and oxygen atoms in total.